The van der Waals surface area contributed by atoms with Gasteiger partial charge in [-0.2, -0.15) is 18.3 Å². The summed E-state index contributed by atoms with van der Waals surface area (Å²) in [6.07, 6.45) is -4.49. The van der Waals surface area contributed by atoms with Crippen molar-refractivity contribution >= 4 is 5.65 Å². The summed E-state index contributed by atoms with van der Waals surface area (Å²) in [4.78, 5) is 3.91. The second-order valence-electron chi connectivity index (χ2n) is 3.32. The van der Waals surface area contributed by atoms with Crippen molar-refractivity contribution < 1.29 is 18.3 Å². The van der Waals surface area contributed by atoms with Crippen LogP contribution in [0.3, 0.4) is 0 Å². The molecule has 2 aromatic heterocycles. The molecule has 1 unspecified atom stereocenters. The molecule has 1 atom stereocenters. The minimum atomic E-state index is -4.62. The quantitative estimate of drug-likeness (QED) is 0.844. The van der Waals surface area contributed by atoms with Crippen LogP contribution in [0.1, 0.15) is 5.69 Å². The predicted molar refractivity (Wildman–Crippen MR) is 48.8 cm³/mol. The van der Waals surface area contributed by atoms with Gasteiger partial charge in [-0.05, 0) is 6.07 Å². The fourth-order valence-electron chi connectivity index (χ4n) is 1.29. The lowest BCUT2D eigenvalue weighted by Crippen LogP contribution is -2.30. The van der Waals surface area contributed by atoms with Crippen molar-refractivity contribution in [2.75, 3.05) is 0 Å². The van der Waals surface area contributed by atoms with Crippen molar-refractivity contribution in [3.63, 3.8) is 0 Å². The summed E-state index contributed by atoms with van der Waals surface area (Å²) in [5, 5.41) is 12.7. The highest BCUT2D eigenvalue weighted by Crippen LogP contribution is 2.22. The third-order valence-corrected chi connectivity index (χ3v) is 2.07. The standard InChI is InChI=1S/C9H8F3N3O/c10-9(11,12)7(16)4-6-5-8-13-2-1-3-15(8)14-6/h1-3,5,7,16H,4H2. The number of fused-ring (bicyclic) bond motifs is 1. The molecule has 0 aromatic carbocycles. The van der Waals surface area contributed by atoms with Crippen LogP contribution in [0.5, 0.6) is 0 Å². The van der Waals surface area contributed by atoms with E-state index in [4.69, 9.17) is 5.11 Å². The summed E-state index contributed by atoms with van der Waals surface area (Å²) in [5.74, 6) is 0. The Morgan fingerprint density at radius 2 is 2.19 bits per heavy atom. The largest absolute Gasteiger partial charge is 0.414 e. The Morgan fingerprint density at radius 1 is 1.44 bits per heavy atom. The Balaban J connectivity index is 2.22. The van der Waals surface area contributed by atoms with Crippen molar-refractivity contribution in [1.82, 2.24) is 14.6 Å². The molecule has 0 fully saturated rings. The lowest BCUT2D eigenvalue weighted by Gasteiger charge is -2.12. The molecule has 2 heterocycles. The van der Waals surface area contributed by atoms with Crippen LogP contribution in [-0.4, -0.2) is 32.0 Å². The van der Waals surface area contributed by atoms with Gasteiger partial charge in [-0.15, -0.1) is 0 Å². The number of hydrogen-bond donors (Lipinski definition) is 1. The van der Waals surface area contributed by atoms with E-state index in [9.17, 15) is 13.2 Å². The van der Waals surface area contributed by atoms with Crippen LogP contribution in [0.2, 0.25) is 0 Å². The molecule has 86 valence electrons. The van der Waals surface area contributed by atoms with Crippen molar-refractivity contribution in [2.24, 2.45) is 0 Å². The van der Waals surface area contributed by atoms with Crippen LogP contribution in [0, 0.1) is 0 Å². The number of rotatable bonds is 2. The summed E-state index contributed by atoms with van der Waals surface area (Å²) in [6, 6.07) is 3.03. The van der Waals surface area contributed by atoms with E-state index >= 15 is 0 Å². The molecule has 0 bridgehead atoms. The van der Waals surface area contributed by atoms with Crippen LogP contribution in [0.15, 0.2) is 24.5 Å². The van der Waals surface area contributed by atoms with Gasteiger partial charge in [-0.1, -0.05) is 0 Å². The minimum Gasteiger partial charge on any atom is -0.383 e. The molecule has 2 rings (SSSR count). The number of aliphatic hydroxyl groups excluding tert-OH is 1. The lowest BCUT2D eigenvalue weighted by atomic mass is 10.2. The van der Waals surface area contributed by atoms with Crippen molar-refractivity contribution in [3.8, 4) is 0 Å². The highest BCUT2D eigenvalue weighted by molar-refractivity contribution is 5.38. The number of halogens is 3. The Hall–Kier alpha value is -1.63. The topological polar surface area (TPSA) is 50.4 Å². The fraction of sp³-hybridized carbons (Fsp3) is 0.333. The maximum Gasteiger partial charge on any atom is 0.414 e. The van der Waals surface area contributed by atoms with Gasteiger partial charge in [0.05, 0.1) is 5.69 Å². The first-order valence-electron chi connectivity index (χ1n) is 4.51. The number of aliphatic hydroxyl groups is 1. The molecule has 0 aliphatic heterocycles. The molecule has 0 saturated carbocycles. The first-order valence-corrected chi connectivity index (χ1v) is 4.51. The Morgan fingerprint density at radius 3 is 2.81 bits per heavy atom. The molecule has 7 heteroatoms. The second-order valence-corrected chi connectivity index (χ2v) is 3.32. The van der Waals surface area contributed by atoms with Crippen LogP contribution >= 0.6 is 0 Å². The zero-order valence-corrected chi connectivity index (χ0v) is 8.02. The van der Waals surface area contributed by atoms with Crippen LogP contribution in [0.25, 0.3) is 5.65 Å². The fourth-order valence-corrected chi connectivity index (χ4v) is 1.29. The highest BCUT2D eigenvalue weighted by Gasteiger charge is 2.38. The molecule has 1 N–H and O–H groups in total. The summed E-state index contributed by atoms with van der Waals surface area (Å²) in [5.41, 5.74) is 0.607. The summed E-state index contributed by atoms with van der Waals surface area (Å²) in [7, 11) is 0. The van der Waals surface area contributed by atoms with E-state index in [0.717, 1.165) is 0 Å². The number of nitrogens with zero attached hydrogens (tertiary/aromatic N) is 3. The minimum absolute atomic E-state index is 0.156. The highest BCUT2D eigenvalue weighted by atomic mass is 19.4. The third kappa shape index (κ3) is 2.13. The Labute approximate surface area is 88.3 Å². The van der Waals surface area contributed by atoms with Crippen molar-refractivity contribution in [3.05, 3.63) is 30.2 Å². The van der Waals surface area contributed by atoms with E-state index in [2.05, 4.69) is 10.1 Å². The molecular weight excluding hydrogens is 223 g/mol. The third-order valence-electron chi connectivity index (χ3n) is 2.07. The van der Waals surface area contributed by atoms with Crippen LogP contribution < -0.4 is 0 Å². The molecule has 0 radical (unpaired) electrons. The molecule has 2 aromatic rings. The zero-order valence-electron chi connectivity index (χ0n) is 8.02. The Bertz CT molecular complexity index is 461. The summed E-state index contributed by atoms with van der Waals surface area (Å²) < 4.78 is 37.6. The van der Waals surface area contributed by atoms with Gasteiger partial charge in [0, 0.05) is 24.9 Å². The smallest absolute Gasteiger partial charge is 0.383 e. The monoisotopic (exact) mass is 231 g/mol. The molecule has 0 aliphatic carbocycles. The van der Waals surface area contributed by atoms with Gasteiger partial charge in [-0.3, -0.25) is 0 Å². The zero-order chi connectivity index (χ0) is 11.8. The number of alkyl halides is 3. The van der Waals surface area contributed by atoms with Gasteiger partial charge in [0.1, 0.15) is 0 Å². The van der Waals surface area contributed by atoms with Crippen LogP contribution in [-0.2, 0) is 6.42 Å². The van der Waals surface area contributed by atoms with Gasteiger partial charge in [0.25, 0.3) is 0 Å². The average molecular weight is 231 g/mol. The van der Waals surface area contributed by atoms with Gasteiger partial charge in [-0.25, -0.2) is 9.50 Å². The maximum atomic E-state index is 12.1. The predicted octanol–water partition coefficient (Wildman–Crippen LogP) is 1.20. The van der Waals surface area contributed by atoms with E-state index in [0.29, 0.717) is 5.65 Å². The van der Waals surface area contributed by atoms with E-state index in [-0.39, 0.29) is 5.69 Å². The maximum absolute atomic E-state index is 12.1. The molecule has 0 spiro atoms. The van der Waals surface area contributed by atoms with Gasteiger partial charge in [0.15, 0.2) is 11.8 Å². The molecule has 4 nitrogen and oxygen atoms in total. The van der Waals surface area contributed by atoms with Crippen molar-refractivity contribution in [2.45, 2.75) is 18.7 Å². The van der Waals surface area contributed by atoms with Gasteiger partial charge >= 0.3 is 6.18 Å². The van der Waals surface area contributed by atoms with Crippen LogP contribution in [0.4, 0.5) is 13.2 Å². The lowest BCUT2D eigenvalue weighted by molar-refractivity contribution is -0.203. The number of hydrogen-bond acceptors (Lipinski definition) is 3. The molecular formula is C9H8F3N3O. The molecule has 0 aliphatic rings. The normalized spacial score (nSPS) is 14.2. The van der Waals surface area contributed by atoms with E-state index < -0.39 is 18.7 Å². The summed E-state index contributed by atoms with van der Waals surface area (Å²) >= 11 is 0. The van der Waals surface area contributed by atoms with E-state index in [1.54, 1.807) is 12.3 Å². The van der Waals surface area contributed by atoms with E-state index in [1.807, 2.05) is 0 Å². The molecule has 0 saturated heterocycles. The van der Waals surface area contributed by atoms with E-state index in [1.165, 1.54) is 16.8 Å². The SMILES string of the molecule is OC(Cc1cc2ncccn2n1)C(F)(F)F. The number of aromatic nitrogens is 3. The van der Waals surface area contributed by atoms with Crippen molar-refractivity contribution in [1.29, 1.82) is 0 Å². The first kappa shape index (κ1) is 10.9. The average Bonchev–Trinajstić information content (AvgIpc) is 2.58. The first-order chi connectivity index (χ1) is 7.47. The van der Waals surface area contributed by atoms with Gasteiger partial charge < -0.3 is 5.11 Å². The Kier molecular flexibility index (Phi) is 2.55. The molecule has 16 heavy (non-hydrogen) atoms. The molecule has 0 amide bonds. The summed E-state index contributed by atoms with van der Waals surface area (Å²) in [6.45, 7) is 0. The second kappa shape index (κ2) is 3.75. The van der Waals surface area contributed by atoms with Gasteiger partial charge in [0.2, 0.25) is 0 Å².